The third-order valence-electron chi connectivity index (χ3n) is 4.23. The van der Waals surface area contributed by atoms with E-state index in [2.05, 4.69) is 78.0 Å². The molecule has 0 aromatic rings. The van der Waals surface area contributed by atoms with Crippen LogP contribution in [0.5, 0.6) is 0 Å². The molecule has 0 saturated carbocycles. The monoisotopic (exact) mass is 270 g/mol. The molecule has 0 bridgehead atoms. The molecule has 0 atom stereocenters. The molecule has 0 fully saturated rings. The van der Waals surface area contributed by atoms with Crippen LogP contribution in [-0.4, -0.2) is 0 Å². The highest BCUT2D eigenvalue weighted by Crippen LogP contribution is 2.40. The highest BCUT2D eigenvalue weighted by atomic mass is 14.3. The van der Waals surface area contributed by atoms with Crippen LogP contribution in [0.2, 0.25) is 0 Å². The predicted octanol–water partition coefficient (Wildman–Crippen LogP) is 6.54. The van der Waals surface area contributed by atoms with E-state index in [1.807, 2.05) is 0 Å². The van der Waals surface area contributed by atoms with E-state index in [-0.39, 0.29) is 0 Å². The van der Waals surface area contributed by atoms with Crippen molar-refractivity contribution in [3.05, 3.63) is 58.7 Å². The smallest absolute Gasteiger partial charge is 0.0104 e. The highest BCUT2D eigenvalue weighted by Gasteiger charge is 2.26. The molecule has 0 aromatic carbocycles. The van der Waals surface area contributed by atoms with Gasteiger partial charge in [-0.1, -0.05) is 67.0 Å². The third-order valence-corrected chi connectivity index (χ3v) is 4.23. The lowest BCUT2D eigenvalue weighted by Crippen LogP contribution is -2.19. The minimum Gasteiger partial charge on any atom is -0.0847 e. The van der Waals surface area contributed by atoms with Gasteiger partial charge in [0, 0.05) is 0 Å². The van der Waals surface area contributed by atoms with Gasteiger partial charge in [0.2, 0.25) is 0 Å². The van der Waals surface area contributed by atoms with Gasteiger partial charge >= 0.3 is 0 Å². The maximum Gasteiger partial charge on any atom is -0.0104 e. The van der Waals surface area contributed by atoms with Crippen molar-refractivity contribution in [2.75, 3.05) is 0 Å². The first-order valence-corrected chi connectivity index (χ1v) is 7.73. The van der Waals surface area contributed by atoms with Crippen molar-refractivity contribution in [1.29, 1.82) is 0 Å². The summed E-state index contributed by atoms with van der Waals surface area (Å²) >= 11 is 0. The number of hydrogen-bond acceptors (Lipinski definition) is 0. The molecule has 0 radical (unpaired) electrons. The first-order valence-electron chi connectivity index (χ1n) is 7.73. The Morgan fingerprint density at radius 3 is 2.40 bits per heavy atom. The Morgan fingerprint density at radius 1 is 1.10 bits per heavy atom. The van der Waals surface area contributed by atoms with Gasteiger partial charge in [0.15, 0.2) is 0 Å². The summed E-state index contributed by atoms with van der Waals surface area (Å²) in [5.74, 6) is 0. The number of rotatable bonds is 4. The van der Waals surface area contributed by atoms with E-state index in [1.54, 1.807) is 5.57 Å². The Hall–Kier alpha value is -1.30. The topological polar surface area (TPSA) is 0 Å². The van der Waals surface area contributed by atoms with Crippen LogP contribution in [0, 0.1) is 5.41 Å². The van der Waals surface area contributed by atoms with E-state index < -0.39 is 0 Å². The van der Waals surface area contributed by atoms with Gasteiger partial charge < -0.3 is 0 Å². The molecule has 0 unspecified atom stereocenters. The lowest BCUT2D eigenvalue weighted by molar-refractivity contribution is 0.377. The molecular weight excluding hydrogens is 240 g/mol. The molecule has 20 heavy (non-hydrogen) atoms. The molecule has 0 aliphatic heterocycles. The lowest BCUT2D eigenvalue weighted by atomic mass is 9.72. The molecule has 0 heterocycles. The van der Waals surface area contributed by atoms with Crippen LogP contribution in [-0.2, 0) is 0 Å². The molecular formula is C20H30. The number of hydrogen-bond donors (Lipinski definition) is 0. The summed E-state index contributed by atoms with van der Waals surface area (Å²) in [4.78, 5) is 0. The largest absolute Gasteiger partial charge is 0.0847 e. The Labute approximate surface area is 125 Å². The summed E-state index contributed by atoms with van der Waals surface area (Å²) in [5, 5.41) is 0. The minimum atomic E-state index is 0.330. The molecule has 1 aliphatic carbocycles. The van der Waals surface area contributed by atoms with Crippen molar-refractivity contribution < 1.29 is 0 Å². The summed E-state index contributed by atoms with van der Waals surface area (Å²) in [6.45, 7) is 13.4. The van der Waals surface area contributed by atoms with E-state index >= 15 is 0 Å². The van der Waals surface area contributed by atoms with Crippen molar-refractivity contribution >= 4 is 0 Å². The van der Waals surface area contributed by atoms with Crippen LogP contribution < -0.4 is 0 Å². The van der Waals surface area contributed by atoms with Crippen molar-refractivity contribution in [3.8, 4) is 0 Å². The summed E-state index contributed by atoms with van der Waals surface area (Å²) in [6, 6.07) is 0. The predicted molar refractivity (Wildman–Crippen MR) is 91.8 cm³/mol. The Balaban J connectivity index is 2.81. The minimum absolute atomic E-state index is 0.330. The Bertz CT molecular complexity index is 476. The Kier molecular flexibility index (Phi) is 6.26. The average Bonchev–Trinajstić information content (AvgIpc) is 2.37. The molecule has 0 amide bonds. The molecule has 0 saturated heterocycles. The van der Waals surface area contributed by atoms with Gasteiger partial charge in [-0.2, -0.15) is 0 Å². The molecule has 110 valence electrons. The van der Waals surface area contributed by atoms with E-state index in [9.17, 15) is 0 Å². The van der Waals surface area contributed by atoms with Crippen LogP contribution >= 0.6 is 0 Å². The van der Waals surface area contributed by atoms with Gasteiger partial charge in [-0.15, -0.1) is 0 Å². The second-order valence-electron chi connectivity index (χ2n) is 6.57. The van der Waals surface area contributed by atoms with E-state index in [0.717, 1.165) is 0 Å². The van der Waals surface area contributed by atoms with Crippen molar-refractivity contribution in [3.63, 3.8) is 0 Å². The molecule has 0 heteroatoms. The molecule has 0 nitrogen and oxygen atoms in total. The standard InChI is InChI=1S/C20H30/c1-7-16(2)10-8-11-17(3)13-14-19-18(4)12-9-15-20(19,5)6/h7-8,10-11,13-14H,9,12,15H2,1-6H3. The van der Waals surface area contributed by atoms with Crippen molar-refractivity contribution in [2.24, 2.45) is 5.41 Å². The lowest BCUT2D eigenvalue weighted by Gasteiger charge is -2.32. The van der Waals surface area contributed by atoms with Crippen LogP contribution in [0.15, 0.2) is 58.7 Å². The maximum atomic E-state index is 2.36. The fraction of sp³-hybridized carbons (Fsp3) is 0.500. The van der Waals surface area contributed by atoms with Gasteiger partial charge in [-0.05, 0) is 57.9 Å². The summed E-state index contributed by atoms with van der Waals surface area (Å²) in [7, 11) is 0. The van der Waals surface area contributed by atoms with Gasteiger partial charge in [-0.25, -0.2) is 0 Å². The second-order valence-corrected chi connectivity index (χ2v) is 6.57. The summed E-state index contributed by atoms with van der Waals surface area (Å²) in [6.07, 6.45) is 17.0. The molecule has 0 aromatic heterocycles. The zero-order valence-corrected chi connectivity index (χ0v) is 14.1. The zero-order valence-electron chi connectivity index (χ0n) is 14.1. The highest BCUT2D eigenvalue weighted by molar-refractivity contribution is 5.37. The van der Waals surface area contributed by atoms with E-state index in [1.165, 1.54) is 36.0 Å². The van der Waals surface area contributed by atoms with Crippen LogP contribution in [0.4, 0.5) is 0 Å². The van der Waals surface area contributed by atoms with Gasteiger partial charge in [0.05, 0.1) is 0 Å². The first-order chi connectivity index (χ1) is 9.36. The van der Waals surface area contributed by atoms with Gasteiger partial charge in [0.1, 0.15) is 0 Å². The fourth-order valence-corrected chi connectivity index (χ4v) is 2.73. The maximum absolute atomic E-state index is 2.36. The second kappa shape index (κ2) is 7.47. The first kappa shape index (κ1) is 16.8. The SMILES string of the molecule is CC=C(C)C=CC=C(C)C=CC1=C(C)CCCC1(C)C. The average molecular weight is 270 g/mol. The van der Waals surface area contributed by atoms with Crippen molar-refractivity contribution in [1.82, 2.24) is 0 Å². The van der Waals surface area contributed by atoms with Crippen molar-refractivity contribution in [2.45, 2.75) is 60.8 Å². The van der Waals surface area contributed by atoms with Gasteiger partial charge in [-0.3, -0.25) is 0 Å². The van der Waals surface area contributed by atoms with Gasteiger partial charge in [0.25, 0.3) is 0 Å². The summed E-state index contributed by atoms with van der Waals surface area (Å²) < 4.78 is 0. The van der Waals surface area contributed by atoms with Crippen LogP contribution in [0.25, 0.3) is 0 Å². The molecule has 0 N–H and O–H groups in total. The van der Waals surface area contributed by atoms with Crippen LogP contribution in [0.3, 0.4) is 0 Å². The number of allylic oxidation sites excluding steroid dienone is 10. The molecule has 1 aliphatic rings. The molecule has 1 rings (SSSR count). The van der Waals surface area contributed by atoms with E-state index in [4.69, 9.17) is 0 Å². The zero-order chi connectivity index (χ0) is 15.2. The van der Waals surface area contributed by atoms with Crippen LogP contribution in [0.1, 0.15) is 60.8 Å². The normalized spacial score (nSPS) is 21.3. The molecule has 0 spiro atoms. The van der Waals surface area contributed by atoms with E-state index in [0.29, 0.717) is 5.41 Å². The quantitative estimate of drug-likeness (QED) is 0.509. The fourth-order valence-electron chi connectivity index (χ4n) is 2.73. The Morgan fingerprint density at radius 2 is 1.80 bits per heavy atom. The third kappa shape index (κ3) is 5.00. The summed E-state index contributed by atoms with van der Waals surface area (Å²) in [5.41, 5.74) is 6.02.